The van der Waals surface area contributed by atoms with Crippen molar-refractivity contribution in [1.82, 2.24) is 9.78 Å². The van der Waals surface area contributed by atoms with Gasteiger partial charge in [-0.2, -0.15) is 5.10 Å². The first-order chi connectivity index (χ1) is 10.3. The number of aromatic nitrogens is 2. The van der Waals surface area contributed by atoms with E-state index in [9.17, 15) is 5.11 Å². The number of rotatable bonds is 3. The summed E-state index contributed by atoms with van der Waals surface area (Å²) in [5.41, 5.74) is 2.79. The van der Waals surface area contributed by atoms with Gasteiger partial charge >= 0.3 is 0 Å². The molecule has 3 rings (SSSR count). The summed E-state index contributed by atoms with van der Waals surface area (Å²) in [4.78, 5) is 2.27. The van der Waals surface area contributed by atoms with Crippen molar-refractivity contribution < 1.29 is 9.84 Å². The number of anilines is 1. The Morgan fingerprint density at radius 1 is 1.19 bits per heavy atom. The summed E-state index contributed by atoms with van der Waals surface area (Å²) in [6.45, 7) is 5.21. The number of benzene rings is 1. The SMILES string of the molecule is Cc1nn(-c2ccccc2)c(N2CCCOCC2)c1CO. The molecular formula is C16H21N3O2. The molecule has 0 aliphatic carbocycles. The van der Waals surface area contributed by atoms with E-state index in [1.165, 1.54) is 0 Å². The minimum absolute atomic E-state index is 0.00531. The maximum Gasteiger partial charge on any atom is 0.138 e. The molecule has 0 bridgehead atoms. The number of aliphatic hydroxyl groups excluding tert-OH is 1. The second-order valence-corrected chi connectivity index (χ2v) is 5.25. The monoisotopic (exact) mass is 287 g/mol. The Morgan fingerprint density at radius 3 is 2.76 bits per heavy atom. The van der Waals surface area contributed by atoms with Crippen LogP contribution in [0.25, 0.3) is 5.69 Å². The molecule has 0 amide bonds. The highest BCUT2D eigenvalue weighted by Gasteiger charge is 2.22. The molecule has 1 fully saturated rings. The van der Waals surface area contributed by atoms with Crippen LogP contribution >= 0.6 is 0 Å². The third kappa shape index (κ3) is 2.80. The summed E-state index contributed by atoms with van der Waals surface area (Å²) >= 11 is 0. The normalized spacial score (nSPS) is 16.0. The average Bonchev–Trinajstić information content (AvgIpc) is 2.69. The molecule has 5 heteroatoms. The fourth-order valence-electron chi connectivity index (χ4n) is 2.76. The van der Waals surface area contributed by atoms with Crippen LogP contribution in [-0.4, -0.2) is 41.2 Å². The Labute approximate surface area is 124 Å². The highest BCUT2D eigenvalue weighted by atomic mass is 16.5. The molecule has 112 valence electrons. The molecule has 1 aromatic carbocycles. The lowest BCUT2D eigenvalue weighted by atomic mass is 10.2. The van der Waals surface area contributed by atoms with Crippen LogP contribution in [0.4, 0.5) is 5.82 Å². The average molecular weight is 287 g/mol. The molecule has 1 aliphatic heterocycles. The van der Waals surface area contributed by atoms with Gasteiger partial charge in [-0.05, 0) is 25.5 Å². The van der Waals surface area contributed by atoms with Crippen LogP contribution in [0, 0.1) is 6.92 Å². The Bertz CT molecular complexity index is 587. The van der Waals surface area contributed by atoms with Crippen molar-refractivity contribution in [3.8, 4) is 5.69 Å². The molecular weight excluding hydrogens is 266 g/mol. The van der Waals surface area contributed by atoms with Crippen molar-refractivity contribution >= 4 is 5.82 Å². The summed E-state index contributed by atoms with van der Waals surface area (Å²) < 4.78 is 7.47. The first kappa shape index (κ1) is 14.1. The van der Waals surface area contributed by atoms with Crippen molar-refractivity contribution in [2.45, 2.75) is 20.0 Å². The van der Waals surface area contributed by atoms with Gasteiger partial charge in [-0.1, -0.05) is 18.2 Å². The van der Waals surface area contributed by atoms with E-state index in [2.05, 4.69) is 10.00 Å². The first-order valence-electron chi connectivity index (χ1n) is 7.38. The Hall–Kier alpha value is -1.85. The van der Waals surface area contributed by atoms with Gasteiger partial charge in [0.25, 0.3) is 0 Å². The van der Waals surface area contributed by atoms with Gasteiger partial charge in [-0.15, -0.1) is 0 Å². The van der Waals surface area contributed by atoms with Gasteiger partial charge in [0.15, 0.2) is 0 Å². The molecule has 1 N–H and O–H groups in total. The number of nitrogens with zero attached hydrogens (tertiary/aromatic N) is 3. The molecule has 2 aromatic rings. The molecule has 1 saturated heterocycles. The fourth-order valence-corrected chi connectivity index (χ4v) is 2.76. The van der Waals surface area contributed by atoms with Crippen molar-refractivity contribution in [2.75, 3.05) is 31.2 Å². The van der Waals surface area contributed by atoms with Gasteiger partial charge < -0.3 is 14.7 Å². The smallest absolute Gasteiger partial charge is 0.138 e. The molecule has 0 atom stereocenters. The van der Waals surface area contributed by atoms with Gasteiger partial charge in [-0.25, -0.2) is 4.68 Å². The number of aryl methyl sites for hydroxylation is 1. The van der Waals surface area contributed by atoms with Gasteiger partial charge in [-0.3, -0.25) is 0 Å². The lowest BCUT2D eigenvalue weighted by molar-refractivity contribution is 0.152. The summed E-state index contributed by atoms with van der Waals surface area (Å²) in [6.07, 6.45) is 0.990. The summed E-state index contributed by atoms with van der Waals surface area (Å²) in [5.74, 6) is 0.992. The predicted octanol–water partition coefficient (Wildman–Crippen LogP) is 1.90. The van der Waals surface area contributed by atoms with Crippen molar-refractivity contribution in [3.63, 3.8) is 0 Å². The summed E-state index contributed by atoms with van der Waals surface area (Å²) in [5, 5.41) is 14.4. The predicted molar refractivity (Wildman–Crippen MR) is 81.9 cm³/mol. The van der Waals surface area contributed by atoms with Gasteiger partial charge in [0.05, 0.1) is 24.6 Å². The fraction of sp³-hybridized carbons (Fsp3) is 0.438. The van der Waals surface area contributed by atoms with Crippen LogP contribution in [0.1, 0.15) is 17.7 Å². The van der Waals surface area contributed by atoms with Crippen LogP contribution in [-0.2, 0) is 11.3 Å². The van der Waals surface area contributed by atoms with E-state index < -0.39 is 0 Å². The molecule has 1 aliphatic rings. The van der Waals surface area contributed by atoms with Crippen molar-refractivity contribution in [1.29, 1.82) is 0 Å². The Balaban J connectivity index is 2.07. The second-order valence-electron chi connectivity index (χ2n) is 5.25. The minimum Gasteiger partial charge on any atom is -0.391 e. The van der Waals surface area contributed by atoms with E-state index in [0.717, 1.165) is 48.9 Å². The van der Waals surface area contributed by atoms with Gasteiger partial charge in [0.2, 0.25) is 0 Å². The second kappa shape index (κ2) is 6.28. The van der Waals surface area contributed by atoms with Gasteiger partial charge in [0.1, 0.15) is 5.82 Å². The Kier molecular flexibility index (Phi) is 4.22. The lowest BCUT2D eigenvalue weighted by Gasteiger charge is -2.24. The van der Waals surface area contributed by atoms with E-state index in [4.69, 9.17) is 4.74 Å². The quantitative estimate of drug-likeness (QED) is 0.937. The zero-order chi connectivity index (χ0) is 14.7. The third-order valence-corrected chi connectivity index (χ3v) is 3.84. The van der Waals surface area contributed by atoms with E-state index in [1.54, 1.807) is 0 Å². The van der Waals surface area contributed by atoms with Crippen LogP contribution in [0.5, 0.6) is 0 Å². The van der Waals surface area contributed by atoms with Crippen LogP contribution in [0.2, 0.25) is 0 Å². The molecule has 21 heavy (non-hydrogen) atoms. The van der Waals surface area contributed by atoms with Crippen LogP contribution in [0.3, 0.4) is 0 Å². The molecule has 0 spiro atoms. The van der Waals surface area contributed by atoms with E-state index >= 15 is 0 Å². The zero-order valence-electron chi connectivity index (χ0n) is 12.3. The van der Waals surface area contributed by atoms with E-state index in [-0.39, 0.29) is 6.61 Å². The third-order valence-electron chi connectivity index (χ3n) is 3.84. The molecule has 0 unspecified atom stereocenters. The highest BCUT2D eigenvalue weighted by molar-refractivity contribution is 5.55. The maximum atomic E-state index is 9.75. The van der Waals surface area contributed by atoms with Crippen molar-refractivity contribution in [2.24, 2.45) is 0 Å². The molecule has 1 aromatic heterocycles. The Morgan fingerprint density at radius 2 is 2.00 bits per heavy atom. The lowest BCUT2D eigenvalue weighted by Crippen LogP contribution is -2.29. The standard InChI is InChI=1S/C16H21N3O2/c1-13-15(12-20)16(18-8-5-10-21-11-9-18)19(17-13)14-6-3-2-4-7-14/h2-4,6-7,20H,5,8-12H2,1H3. The number of para-hydroxylation sites is 1. The summed E-state index contributed by atoms with van der Waals surface area (Å²) in [6, 6.07) is 10.1. The van der Waals surface area contributed by atoms with E-state index in [0.29, 0.717) is 6.61 Å². The van der Waals surface area contributed by atoms with Crippen molar-refractivity contribution in [3.05, 3.63) is 41.6 Å². The maximum absolute atomic E-state index is 9.75. The zero-order valence-corrected chi connectivity index (χ0v) is 12.3. The molecule has 2 heterocycles. The summed E-state index contributed by atoms with van der Waals surface area (Å²) in [7, 11) is 0. The van der Waals surface area contributed by atoms with E-state index in [1.807, 2.05) is 41.9 Å². The largest absolute Gasteiger partial charge is 0.391 e. The number of ether oxygens (including phenoxy) is 1. The topological polar surface area (TPSA) is 50.5 Å². The van der Waals surface area contributed by atoms with Crippen LogP contribution < -0.4 is 4.90 Å². The molecule has 0 saturated carbocycles. The first-order valence-corrected chi connectivity index (χ1v) is 7.38. The van der Waals surface area contributed by atoms with Crippen LogP contribution in [0.15, 0.2) is 30.3 Å². The number of hydrogen-bond donors (Lipinski definition) is 1. The molecule has 0 radical (unpaired) electrons. The highest BCUT2D eigenvalue weighted by Crippen LogP contribution is 2.28. The minimum atomic E-state index is 0.00531. The number of hydrogen-bond acceptors (Lipinski definition) is 4. The van der Waals surface area contributed by atoms with Gasteiger partial charge in [0, 0.05) is 25.3 Å². The number of aliphatic hydroxyl groups is 1. The molecule has 5 nitrogen and oxygen atoms in total.